The molecule has 0 bridgehead atoms. The molecule has 1 aliphatic rings. The predicted octanol–water partition coefficient (Wildman–Crippen LogP) is 17.1. The Morgan fingerprint density at radius 3 is 1.61 bits per heavy atom. The summed E-state index contributed by atoms with van der Waals surface area (Å²) in [5.74, 6) is 0. The van der Waals surface area contributed by atoms with Crippen LogP contribution in [0.5, 0.6) is 0 Å². The van der Waals surface area contributed by atoms with E-state index in [4.69, 9.17) is 0 Å². The highest BCUT2D eigenvalue weighted by atomic mass is 15.1. The zero-order valence-electron chi connectivity index (χ0n) is 34.8. The normalized spacial score (nSPS) is 12.8. The molecule has 11 aromatic rings. The molecule has 0 amide bonds. The second-order valence-corrected chi connectivity index (χ2v) is 17.3. The Morgan fingerprint density at radius 2 is 0.806 bits per heavy atom. The van der Waals surface area contributed by atoms with Gasteiger partial charge in [-0.25, -0.2) is 0 Å². The van der Waals surface area contributed by atoms with Gasteiger partial charge in [-0.1, -0.05) is 196 Å². The first-order chi connectivity index (χ1) is 30.5. The van der Waals surface area contributed by atoms with Crippen molar-refractivity contribution in [2.75, 3.05) is 4.90 Å². The first-order valence-electron chi connectivity index (χ1n) is 21.7. The van der Waals surface area contributed by atoms with Gasteiger partial charge in [0.05, 0.1) is 5.69 Å². The van der Waals surface area contributed by atoms with Gasteiger partial charge < -0.3 is 4.90 Å². The van der Waals surface area contributed by atoms with Gasteiger partial charge >= 0.3 is 0 Å². The van der Waals surface area contributed by atoms with Gasteiger partial charge in [-0.05, 0) is 136 Å². The summed E-state index contributed by atoms with van der Waals surface area (Å²) in [6.45, 7) is 4.80. The van der Waals surface area contributed by atoms with E-state index in [0.29, 0.717) is 0 Å². The third-order valence-electron chi connectivity index (χ3n) is 13.4. The Kier molecular flexibility index (Phi) is 8.27. The Hall–Kier alpha value is -7.74. The van der Waals surface area contributed by atoms with E-state index in [-0.39, 0.29) is 5.41 Å². The van der Waals surface area contributed by atoms with E-state index in [1.54, 1.807) is 0 Å². The molecule has 292 valence electrons. The van der Waals surface area contributed by atoms with Gasteiger partial charge in [-0.15, -0.1) is 0 Å². The lowest BCUT2D eigenvalue weighted by Crippen LogP contribution is -2.17. The van der Waals surface area contributed by atoms with Gasteiger partial charge in [0, 0.05) is 22.4 Å². The summed E-state index contributed by atoms with van der Waals surface area (Å²) in [5, 5.41) is 10.2. The molecular weight excluding hydrogens is 747 g/mol. The number of hydrogen-bond acceptors (Lipinski definition) is 1. The summed E-state index contributed by atoms with van der Waals surface area (Å²) < 4.78 is 0. The molecule has 0 saturated carbocycles. The molecule has 0 atom stereocenters. The van der Waals surface area contributed by atoms with Crippen molar-refractivity contribution in [2.45, 2.75) is 19.3 Å². The monoisotopic (exact) mass is 789 g/mol. The van der Waals surface area contributed by atoms with Crippen molar-refractivity contribution in [3.8, 4) is 44.5 Å². The summed E-state index contributed by atoms with van der Waals surface area (Å²) in [7, 11) is 0. The molecule has 62 heavy (non-hydrogen) atoms. The maximum Gasteiger partial charge on any atom is 0.0540 e. The molecule has 0 aliphatic heterocycles. The van der Waals surface area contributed by atoms with Crippen LogP contribution in [0.15, 0.2) is 224 Å². The van der Waals surface area contributed by atoms with E-state index in [1.807, 2.05) is 0 Å². The van der Waals surface area contributed by atoms with Crippen LogP contribution < -0.4 is 4.90 Å². The summed E-state index contributed by atoms with van der Waals surface area (Å²) in [6.07, 6.45) is 0. The van der Waals surface area contributed by atoms with Crippen molar-refractivity contribution in [1.29, 1.82) is 0 Å². The first kappa shape index (κ1) is 36.1. The van der Waals surface area contributed by atoms with Crippen molar-refractivity contribution in [3.05, 3.63) is 236 Å². The van der Waals surface area contributed by atoms with Crippen molar-refractivity contribution in [1.82, 2.24) is 0 Å². The van der Waals surface area contributed by atoms with Gasteiger partial charge in [0.15, 0.2) is 0 Å². The lowest BCUT2D eigenvalue weighted by molar-refractivity contribution is 0.660. The molecule has 0 N–H and O–H groups in total. The van der Waals surface area contributed by atoms with Gasteiger partial charge in [-0.2, -0.15) is 0 Å². The fourth-order valence-corrected chi connectivity index (χ4v) is 10.3. The number of fused-ring (bicyclic) bond motifs is 9. The quantitative estimate of drug-likeness (QED) is 0.152. The number of rotatable bonds is 6. The van der Waals surface area contributed by atoms with Crippen LogP contribution >= 0.6 is 0 Å². The first-order valence-corrected chi connectivity index (χ1v) is 21.7. The fourth-order valence-electron chi connectivity index (χ4n) is 10.3. The van der Waals surface area contributed by atoms with Gasteiger partial charge in [0.1, 0.15) is 0 Å². The average Bonchev–Trinajstić information content (AvgIpc) is 3.56. The molecule has 0 fully saturated rings. The number of para-hydroxylation sites is 1. The molecule has 1 nitrogen and oxygen atoms in total. The van der Waals surface area contributed by atoms with E-state index in [9.17, 15) is 0 Å². The third kappa shape index (κ3) is 5.77. The topological polar surface area (TPSA) is 3.24 Å². The largest absolute Gasteiger partial charge is 0.310 e. The van der Waals surface area contributed by atoms with E-state index in [1.165, 1.54) is 98.7 Å². The zero-order chi connectivity index (χ0) is 41.4. The number of benzene rings is 11. The molecule has 1 heteroatoms. The Labute approximate surface area is 362 Å². The number of hydrogen-bond donors (Lipinski definition) is 0. The minimum absolute atomic E-state index is 0.232. The number of nitrogens with zero attached hydrogens (tertiary/aromatic N) is 1. The summed E-state index contributed by atoms with van der Waals surface area (Å²) in [6, 6.07) is 83.0. The van der Waals surface area contributed by atoms with E-state index in [2.05, 4.69) is 243 Å². The van der Waals surface area contributed by atoms with E-state index in [0.717, 1.165) is 17.1 Å². The maximum atomic E-state index is 2.47. The highest BCUT2D eigenvalue weighted by molar-refractivity contribution is 6.14. The van der Waals surface area contributed by atoms with Crippen LogP contribution in [0.25, 0.3) is 87.6 Å². The van der Waals surface area contributed by atoms with Crippen molar-refractivity contribution < 1.29 is 0 Å². The SMILES string of the molecule is CC1(C)c2cc(-c3cc4ccccc4c4ccccc34)ccc2-c2ccc(N(c3ccc4c(ccc5ccccc54)c3)c3ccccc3-c3ccc(-c4ccccc4)cc3)cc21. The van der Waals surface area contributed by atoms with E-state index < -0.39 is 0 Å². The lowest BCUT2D eigenvalue weighted by Gasteiger charge is -2.30. The maximum absolute atomic E-state index is 2.47. The fraction of sp³-hybridized carbons (Fsp3) is 0.0492. The second kappa shape index (κ2) is 14.2. The van der Waals surface area contributed by atoms with Crippen LogP contribution in [0.3, 0.4) is 0 Å². The van der Waals surface area contributed by atoms with Crippen LogP contribution in [0.4, 0.5) is 17.1 Å². The minimum Gasteiger partial charge on any atom is -0.310 e. The third-order valence-corrected chi connectivity index (χ3v) is 13.4. The molecule has 0 unspecified atom stereocenters. The summed E-state index contributed by atoms with van der Waals surface area (Å²) >= 11 is 0. The smallest absolute Gasteiger partial charge is 0.0540 e. The highest BCUT2D eigenvalue weighted by Crippen LogP contribution is 2.53. The average molecular weight is 790 g/mol. The van der Waals surface area contributed by atoms with Crippen LogP contribution in [-0.4, -0.2) is 0 Å². The van der Waals surface area contributed by atoms with Crippen LogP contribution in [0.2, 0.25) is 0 Å². The summed E-state index contributed by atoms with van der Waals surface area (Å²) in [4.78, 5) is 2.47. The molecule has 0 spiro atoms. The standard InChI is InChI=1S/C61H43N/c1-61(2)58-38-46(57-37-44-17-7-9-19-50(44)53-21-10-11-22-54(53)57)30-33-55(58)56-35-32-48(39-59(56)61)62(47-31-34-51-45(36-47)29-28-42-16-6-8-18-49(42)51)60-23-13-12-20-52(60)43-26-24-41(25-27-43)40-14-4-3-5-15-40/h3-39H,1-2H3. The highest BCUT2D eigenvalue weighted by Gasteiger charge is 2.36. The van der Waals surface area contributed by atoms with Gasteiger partial charge in [-0.3, -0.25) is 0 Å². The van der Waals surface area contributed by atoms with Crippen LogP contribution in [-0.2, 0) is 5.41 Å². The van der Waals surface area contributed by atoms with Crippen molar-refractivity contribution in [2.24, 2.45) is 0 Å². The molecule has 11 aromatic carbocycles. The molecular formula is C61H43N. The molecule has 1 aliphatic carbocycles. The number of anilines is 3. The van der Waals surface area contributed by atoms with Gasteiger partial charge in [0.25, 0.3) is 0 Å². The predicted molar refractivity (Wildman–Crippen MR) is 265 cm³/mol. The van der Waals surface area contributed by atoms with Gasteiger partial charge in [0.2, 0.25) is 0 Å². The molecule has 0 heterocycles. The minimum atomic E-state index is -0.232. The second-order valence-electron chi connectivity index (χ2n) is 17.3. The molecule has 0 radical (unpaired) electrons. The Balaban J connectivity index is 1.01. The van der Waals surface area contributed by atoms with Crippen molar-refractivity contribution in [3.63, 3.8) is 0 Å². The van der Waals surface area contributed by atoms with E-state index >= 15 is 0 Å². The van der Waals surface area contributed by atoms with Crippen LogP contribution in [0, 0.1) is 0 Å². The molecule has 0 saturated heterocycles. The zero-order valence-corrected chi connectivity index (χ0v) is 34.8. The Morgan fingerprint density at radius 1 is 0.290 bits per heavy atom. The summed E-state index contributed by atoms with van der Waals surface area (Å²) in [5.41, 5.74) is 15.8. The Bertz CT molecular complexity index is 3540. The van der Waals surface area contributed by atoms with Crippen LogP contribution in [0.1, 0.15) is 25.0 Å². The van der Waals surface area contributed by atoms with Crippen molar-refractivity contribution >= 4 is 60.2 Å². The molecule has 12 rings (SSSR count). The molecule has 0 aromatic heterocycles. The lowest BCUT2D eigenvalue weighted by atomic mass is 9.81.